The molecule has 3 aromatic rings. The van der Waals surface area contributed by atoms with Gasteiger partial charge < -0.3 is 5.11 Å². The van der Waals surface area contributed by atoms with Crippen LogP contribution in [0.25, 0.3) is 17.5 Å². The number of rotatable bonds is 3. The Morgan fingerprint density at radius 3 is 2.55 bits per heavy atom. The standard InChI is InChI=1S/C23H17N7O2S/c31-21-19(22(32)30(23(33)25-21)13-18-3-1-2-10-24-18)12-14-4-5-17(11-14)15-6-8-16(9-7-15)20-26-28-29-27-20/h1-10,12,32H,11,13H2,(H,25,31,33). The van der Waals surface area contributed by atoms with Crippen molar-refractivity contribution in [1.82, 2.24) is 14.5 Å². The molecule has 0 amide bonds. The number of nitrogens with one attached hydrogen (secondary N) is 1. The first-order valence-electron chi connectivity index (χ1n) is 10.1. The number of allylic oxidation sites excluding steroid dienone is 3. The van der Waals surface area contributed by atoms with Crippen LogP contribution in [0.5, 0.6) is 5.88 Å². The molecule has 33 heavy (non-hydrogen) atoms. The van der Waals surface area contributed by atoms with Crippen LogP contribution in [-0.2, 0) is 6.54 Å². The second-order valence-corrected chi connectivity index (χ2v) is 7.82. The summed E-state index contributed by atoms with van der Waals surface area (Å²) >= 11 is 5.26. The Labute approximate surface area is 192 Å². The molecule has 2 N–H and O–H groups in total. The second-order valence-electron chi connectivity index (χ2n) is 7.44. The van der Waals surface area contributed by atoms with E-state index in [1.165, 1.54) is 4.57 Å². The average molecular weight is 456 g/mol. The van der Waals surface area contributed by atoms with E-state index in [9.17, 15) is 9.90 Å². The molecule has 1 aromatic carbocycles. The van der Waals surface area contributed by atoms with Crippen molar-refractivity contribution >= 4 is 29.7 Å². The van der Waals surface area contributed by atoms with Crippen molar-refractivity contribution in [1.29, 1.82) is 0 Å². The highest BCUT2D eigenvalue weighted by Gasteiger charge is 2.14. The maximum Gasteiger partial charge on any atom is 0.262 e. The van der Waals surface area contributed by atoms with E-state index in [1.54, 1.807) is 12.3 Å². The highest BCUT2D eigenvalue weighted by Crippen LogP contribution is 2.26. The number of hydrogen-bond acceptors (Lipinski definition) is 8. The fraction of sp³-hybridized carbons (Fsp3) is 0.0870. The first kappa shape index (κ1) is 20.6. The zero-order valence-electron chi connectivity index (χ0n) is 17.2. The number of H-pyrrole nitrogens is 1. The monoisotopic (exact) mass is 455 g/mol. The van der Waals surface area contributed by atoms with E-state index in [4.69, 9.17) is 12.2 Å². The molecule has 0 fully saturated rings. The summed E-state index contributed by atoms with van der Waals surface area (Å²) in [5.41, 5.74) is 2.41. The van der Waals surface area contributed by atoms with Crippen LogP contribution in [0.3, 0.4) is 0 Å². The van der Waals surface area contributed by atoms with E-state index in [2.05, 4.69) is 30.6 Å². The number of aromatic nitrogens is 3. The molecule has 0 spiro atoms. The Hall–Kier alpha value is -4.31. The Bertz CT molecular complexity index is 1580. The van der Waals surface area contributed by atoms with Crippen molar-refractivity contribution in [3.63, 3.8) is 0 Å². The van der Waals surface area contributed by atoms with Crippen molar-refractivity contribution in [3.8, 4) is 5.88 Å². The molecule has 2 aromatic heterocycles. The van der Waals surface area contributed by atoms with E-state index in [-0.39, 0.29) is 22.8 Å². The van der Waals surface area contributed by atoms with Gasteiger partial charge in [-0.15, -0.1) is 10.2 Å². The number of nitrogens with zero attached hydrogens (tertiary/aromatic N) is 6. The summed E-state index contributed by atoms with van der Waals surface area (Å²) < 4.78 is 1.60. The number of aromatic hydroxyl groups is 1. The third kappa shape index (κ3) is 4.23. The summed E-state index contributed by atoms with van der Waals surface area (Å²) in [6.45, 7) is 0.246. The molecule has 1 aliphatic heterocycles. The first-order valence-corrected chi connectivity index (χ1v) is 10.5. The predicted molar refractivity (Wildman–Crippen MR) is 125 cm³/mol. The minimum Gasteiger partial charge on any atom is -0.494 e. The summed E-state index contributed by atoms with van der Waals surface area (Å²) in [4.78, 5) is 19.5. The van der Waals surface area contributed by atoms with Crippen molar-refractivity contribution in [2.24, 2.45) is 20.7 Å². The average Bonchev–Trinajstić information content (AvgIpc) is 3.53. The number of aromatic amines is 1. The van der Waals surface area contributed by atoms with Gasteiger partial charge in [0.15, 0.2) is 4.77 Å². The number of hydrogen-bond donors (Lipinski definition) is 2. The quantitative estimate of drug-likeness (QED) is 0.590. The van der Waals surface area contributed by atoms with Gasteiger partial charge >= 0.3 is 0 Å². The fourth-order valence-electron chi connectivity index (χ4n) is 3.63. The minimum absolute atomic E-state index is 0.138. The molecule has 3 heterocycles. The van der Waals surface area contributed by atoms with Crippen LogP contribution in [0.2, 0.25) is 0 Å². The predicted octanol–water partition coefficient (Wildman–Crippen LogP) is 3.15. The Balaban J connectivity index is 1.47. The Kier molecular flexibility index (Phi) is 5.41. The van der Waals surface area contributed by atoms with Gasteiger partial charge in [0.1, 0.15) is 5.56 Å². The maximum atomic E-state index is 12.5. The molecule has 9 nitrogen and oxygen atoms in total. The van der Waals surface area contributed by atoms with Gasteiger partial charge in [-0.25, -0.2) is 0 Å². The van der Waals surface area contributed by atoms with Gasteiger partial charge in [0, 0.05) is 11.4 Å². The van der Waals surface area contributed by atoms with Gasteiger partial charge in [-0.05, 0) is 63.7 Å². The lowest BCUT2D eigenvalue weighted by Gasteiger charge is -2.11. The molecule has 0 saturated heterocycles. The minimum atomic E-state index is -0.439. The zero-order valence-corrected chi connectivity index (χ0v) is 18.0. The second kappa shape index (κ2) is 8.67. The van der Waals surface area contributed by atoms with Crippen LogP contribution >= 0.6 is 12.2 Å². The summed E-state index contributed by atoms with van der Waals surface area (Å²) in [6, 6.07) is 13.3. The Morgan fingerprint density at radius 1 is 1.06 bits per heavy atom. The molecule has 162 valence electrons. The SMILES string of the molecule is O=c1[nH]c(=S)n(Cc2ccccn2)c(O)c1C=C1C=CC(=c2ccc(=C3N=NN=N3)cc2)C1. The summed E-state index contributed by atoms with van der Waals surface area (Å²) in [5.74, 6) is 0.290. The van der Waals surface area contributed by atoms with Gasteiger partial charge in [0.25, 0.3) is 5.56 Å². The van der Waals surface area contributed by atoms with E-state index in [1.807, 2.05) is 54.6 Å². The normalized spacial score (nSPS) is 15.8. The fourth-order valence-corrected chi connectivity index (χ4v) is 3.87. The lowest BCUT2D eigenvalue weighted by Crippen LogP contribution is -2.17. The molecule has 1 aliphatic carbocycles. The highest BCUT2D eigenvalue weighted by molar-refractivity contribution is 7.71. The van der Waals surface area contributed by atoms with E-state index in [0.29, 0.717) is 17.9 Å². The van der Waals surface area contributed by atoms with Crippen LogP contribution in [0, 0.1) is 4.77 Å². The maximum absolute atomic E-state index is 12.5. The number of pyridine rings is 1. The van der Waals surface area contributed by atoms with E-state index < -0.39 is 5.56 Å². The molecule has 0 unspecified atom stereocenters. The third-order valence-electron chi connectivity index (χ3n) is 5.31. The van der Waals surface area contributed by atoms with Gasteiger partial charge in [0.05, 0.1) is 12.2 Å². The molecule has 0 bridgehead atoms. The van der Waals surface area contributed by atoms with Crippen LogP contribution in [0.15, 0.2) is 91.9 Å². The van der Waals surface area contributed by atoms with Gasteiger partial charge in [0.2, 0.25) is 11.7 Å². The van der Waals surface area contributed by atoms with E-state index in [0.717, 1.165) is 21.6 Å². The lowest BCUT2D eigenvalue weighted by atomic mass is 10.1. The van der Waals surface area contributed by atoms with Crippen LogP contribution in [0.1, 0.15) is 17.7 Å². The smallest absolute Gasteiger partial charge is 0.262 e. The van der Waals surface area contributed by atoms with Crippen LogP contribution in [0.4, 0.5) is 0 Å². The molecule has 0 saturated carbocycles. The van der Waals surface area contributed by atoms with Gasteiger partial charge in [-0.2, -0.15) is 0 Å². The highest BCUT2D eigenvalue weighted by atomic mass is 32.1. The molecular formula is C23H17N7O2S. The van der Waals surface area contributed by atoms with E-state index >= 15 is 0 Å². The van der Waals surface area contributed by atoms with Gasteiger partial charge in [-0.1, -0.05) is 42.5 Å². The molecule has 0 atom stereocenters. The largest absolute Gasteiger partial charge is 0.494 e. The molecule has 5 rings (SSSR count). The third-order valence-corrected chi connectivity index (χ3v) is 5.63. The van der Waals surface area contributed by atoms with Crippen LogP contribution < -0.4 is 16.0 Å². The van der Waals surface area contributed by atoms with Crippen molar-refractivity contribution in [2.75, 3.05) is 0 Å². The van der Waals surface area contributed by atoms with Crippen molar-refractivity contribution < 1.29 is 5.11 Å². The van der Waals surface area contributed by atoms with Crippen molar-refractivity contribution in [2.45, 2.75) is 13.0 Å². The summed E-state index contributed by atoms with van der Waals surface area (Å²) in [6.07, 6.45) is 7.89. The zero-order chi connectivity index (χ0) is 22.8. The summed E-state index contributed by atoms with van der Waals surface area (Å²) in [5, 5.41) is 27.4. The topological polar surface area (TPSA) is 120 Å². The Morgan fingerprint density at radius 2 is 1.82 bits per heavy atom. The van der Waals surface area contributed by atoms with Crippen molar-refractivity contribution in [3.05, 3.63) is 103 Å². The first-order chi connectivity index (χ1) is 16.1. The molecule has 10 heteroatoms. The van der Waals surface area contributed by atoms with Gasteiger partial charge in [-0.3, -0.25) is 19.3 Å². The number of benzene rings is 1. The lowest BCUT2D eigenvalue weighted by molar-refractivity contribution is 0.410. The van der Waals surface area contributed by atoms with Crippen LogP contribution in [-0.4, -0.2) is 19.6 Å². The molecule has 2 aliphatic rings. The molecular weight excluding hydrogens is 438 g/mol. The summed E-state index contributed by atoms with van der Waals surface area (Å²) in [7, 11) is 0. The molecule has 0 radical (unpaired) electrons.